The van der Waals surface area contributed by atoms with Crippen molar-refractivity contribution < 1.29 is 14.4 Å². The number of rotatable bonds is 3. The Hall–Kier alpha value is -3.10. The highest BCUT2D eigenvalue weighted by Crippen LogP contribution is 2.27. The largest absolute Gasteiger partial charge is 0.364 e. The lowest BCUT2D eigenvalue weighted by atomic mass is 10.1. The van der Waals surface area contributed by atoms with Crippen LogP contribution in [0.4, 0.5) is 15.3 Å². The number of carbonyl (C=O) groups is 3. The summed E-state index contributed by atoms with van der Waals surface area (Å²) in [7, 11) is 0. The van der Waals surface area contributed by atoms with E-state index in [1.807, 2.05) is 0 Å². The molecular formula is C15H18N6O3. The van der Waals surface area contributed by atoms with Gasteiger partial charge in [-0.3, -0.25) is 4.79 Å². The van der Waals surface area contributed by atoms with Gasteiger partial charge in [0.1, 0.15) is 0 Å². The number of primary amides is 2. The fourth-order valence-electron chi connectivity index (χ4n) is 3.03. The molecule has 0 unspecified atom stereocenters. The number of fused-ring (bicyclic) bond motifs is 1. The number of nitrogens with one attached hydrogen (secondary N) is 2. The molecule has 9 nitrogen and oxygen atoms in total. The van der Waals surface area contributed by atoms with E-state index in [2.05, 4.69) is 15.7 Å². The normalized spacial score (nSPS) is 14.7. The zero-order valence-corrected chi connectivity index (χ0v) is 12.9. The van der Waals surface area contributed by atoms with Crippen LogP contribution in [0.15, 0.2) is 18.2 Å². The van der Waals surface area contributed by atoms with Gasteiger partial charge < -0.3 is 22.1 Å². The van der Waals surface area contributed by atoms with Crippen LogP contribution in [0, 0.1) is 0 Å². The Bertz CT molecular complexity index is 822. The number of anilines is 1. The Morgan fingerprint density at radius 3 is 2.50 bits per heavy atom. The summed E-state index contributed by atoms with van der Waals surface area (Å²) in [5.41, 5.74) is 11.1. The standard InChI is InChI=1S/C15H18N6O3/c16-13(22)12-11-9(19-15(24)18-8-4-1-2-5-8)6-3-7-10(11)21(20-12)14(17)23/h3,6-8H,1-2,4-5H2,(H2,16,22)(H2,17,23)(H2,18,19,24). The molecule has 0 radical (unpaired) electrons. The number of carbonyl (C=O) groups excluding carboxylic acids is 3. The summed E-state index contributed by atoms with van der Waals surface area (Å²) in [6.45, 7) is 0. The van der Waals surface area contributed by atoms with E-state index in [-0.39, 0.29) is 23.2 Å². The second-order valence-electron chi connectivity index (χ2n) is 5.74. The first kappa shape index (κ1) is 15.8. The second-order valence-corrected chi connectivity index (χ2v) is 5.74. The van der Waals surface area contributed by atoms with Gasteiger partial charge >= 0.3 is 12.1 Å². The number of nitrogens with two attached hydrogens (primary N) is 2. The summed E-state index contributed by atoms with van der Waals surface area (Å²) in [4.78, 5) is 35.3. The monoisotopic (exact) mass is 330 g/mol. The molecular weight excluding hydrogens is 312 g/mol. The van der Waals surface area contributed by atoms with E-state index in [0.29, 0.717) is 11.2 Å². The first-order chi connectivity index (χ1) is 11.5. The third-order valence-corrected chi connectivity index (χ3v) is 4.09. The third kappa shape index (κ3) is 2.87. The van der Waals surface area contributed by atoms with Crippen LogP contribution < -0.4 is 22.1 Å². The molecule has 9 heteroatoms. The first-order valence-corrected chi connectivity index (χ1v) is 7.66. The van der Waals surface area contributed by atoms with Crippen LogP contribution in [0.2, 0.25) is 0 Å². The molecule has 6 N–H and O–H groups in total. The summed E-state index contributed by atoms with van der Waals surface area (Å²) >= 11 is 0. The van der Waals surface area contributed by atoms with Crippen LogP contribution >= 0.6 is 0 Å². The van der Waals surface area contributed by atoms with Crippen molar-refractivity contribution in [2.75, 3.05) is 5.32 Å². The van der Waals surface area contributed by atoms with Crippen LogP contribution in [0.3, 0.4) is 0 Å². The SMILES string of the molecule is NC(=O)c1nn(C(N)=O)c2cccc(NC(=O)NC3CCCC3)c12. The maximum atomic E-state index is 12.2. The van der Waals surface area contributed by atoms with E-state index in [4.69, 9.17) is 11.5 Å². The van der Waals surface area contributed by atoms with E-state index < -0.39 is 11.9 Å². The summed E-state index contributed by atoms with van der Waals surface area (Å²) < 4.78 is 0.884. The lowest BCUT2D eigenvalue weighted by Gasteiger charge is -2.13. The number of aromatic nitrogens is 2. The molecule has 1 fully saturated rings. The molecule has 0 saturated heterocycles. The van der Waals surface area contributed by atoms with E-state index >= 15 is 0 Å². The quantitative estimate of drug-likeness (QED) is 0.668. The number of hydrogen-bond acceptors (Lipinski definition) is 4. The lowest BCUT2D eigenvalue weighted by Crippen LogP contribution is -2.36. The van der Waals surface area contributed by atoms with Gasteiger partial charge in [-0.05, 0) is 25.0 Å². The van der Waals surface area contributed by atoms with E-state index in [9.17, 15) is 14.4 Å². The topological polar surface area (TPSA) is 145 Å². The van der Waals surface area contributed by atoms with Crippen LogP contribution in [0.25, 0.3) is 10.9 Å². The van der Waals surface area contributed by atoms with Gasteiger partial charge in [0.05, 0.1) is 16.6 Å². The highest BCUT2D eigenvalue weighted by molar-refractivity contribution is 6.13. The van der Waals surface area contributed by atoms with Crippen molar-refractivity contribution in [2.24, 2.45) is 11.5 Å². The van der Waals surface area contributed by atoms with Crippen molar-refractivity contribution in [3.8, 4) is 0 Å². The van der Waals surface area contributed by atoms with Gasteiger partial charge in [0.15, 0.2) is 5.69 Å². The minimum absolute atomic E-state index is 0.124. The van der Waals surface area contributed by atoms with Crippen LogP contribution in [-0.2, 0) is 0 Å². The molecule has 1 aliphatic carbocycles. The first-order valence-electron chi connectivity index (χ1n) is 7.66. The van der Waals surface area contributed by atoms with Crippen molar-refractivity contribution in [3.63, 3.8) is 0 Å². The number of hydrogen-bond donors (Lipinski definition) is 4. The Labute approximate surface area is 137 Å². The molecule has 0 bridgehead atoms. The van der Waals surface area contributed by atoms with Gasteiger partial charge in [0.25, 0.3) is 5.91 Å². The zero-order valence-electron chi connectivity index (χ0n) is 12.9. The number of amides is 4. The lowest BCUT2D eigenvalue weighted by molar-refractivity contribution is 0.0996. The molecule has 0 atom stereocenters. The number of nitrogens with zero attached hydrogens (tertiary/aromatic N) is 2. The molecule has 1 saturated carbocycles. The minimum atomic E-state index is -0.847. The average Bonchev–Trinajstić information content (AvgIpc) is 3.14. The predicted molar refractivity (Wildman–Crippen MR) is 87.6 cm³/mol. The Morgan fingerprint density at radius 1 is 1.17 bits per heavy atom. The van der Waals surface area contributed by atoms with Crippen LogP contribution in [-0.4, -0.2) is 33.8 Å². The highest BCUT2D eigenvalue weighted by atomic mass is 16.2. The van der Waals surface area contributed by atoms with Crippen LogP contribution in [0.1, 0.15) is 36.2 Å². The number of urea groups is 1. The molecule has 4 amide bonds. The molecule has 126 valence electrons. The third-order valence-electron chi connectivity index (χ3n) is 4.09. The van der Waals surface area contributed by atoms with Gasteiger partial charge in [-0.2, -0.15) is 9.78 Å². The Balaban J connectivity index is 1.96. The van der Waals surface area contributed by atoms with Crippen molar-refractivity contribution in [1.29, 1.82) is 0 Å². The van der Waals surface area contributed by atoms with Crippen molar-refractivity contribution in [2.45, 2.75) is 31.7 Å². The zero-order chi connectivity index (χ0) is 17.3. The maximum Gasteiger partial charge on any atom is 0.340 e. The van der Waals surface area contributed by atoms with Gasteiger partial charge in [-0.1, -0.05) is 18.9 Å². The molecule has 24 heavy (non-hydrogen) atoms. The van der Waals surface area contributed by atoms with E-state index in [0.717, 1.165) is 30.4 Å². The Morgan fingerprint density at radius 2 is 1.88 bits per heavy atom. The molecule has 1 aliphatic rings. The fraction of sp³-hybridized carbons (Fsp3) is 0.333. The molecule has 1 aromatic carbocycles. The van der Waals surface area contributed by atoms with Gasteiger partial charge in [0, 0.05) is 6.04 Å². The van der Waals surface area contributed by atoms with Crippen molar-refractivity contribution in [1.82, 2.24) is 15.1 Å². The van der Waals surface area contributed by atoms with Crippen molar-refractivity contribution in [3.05, 3.63) is 23.9 Å². The molecule has 0 spiro atoms. The Kier molecular flexibility index (Phi) is 4.07. The fourth-order valence-corrected chi connectivity index (χ4v) is 3.03. The molecule has 3 rings (SSSR count). The average molecular weight is 330 g/mol. The minimum Gasteiger partial charge on any atom is -0.364 e. The summed E-state index contributed by atoms with van der Waals surface area (Å²) in [6, 6.07) is 3.72. The molecule has 0 aliphatic heterocycles. The highest BCUT2D eigenvalue weighted by Gasteiger charge is 2.22. The predicted octanol–water partition coefficient (Wildman–Crippen LogP) is 1.13. The summed E-state index contributed by atoms with van der Waals surface area (Å²) in [5, 5.41) is 9.72. The summed E-state index contributed by atoms with van der Waals surface area (Å²) in [6.07, 6.45) is 4.09. The van der Waals surface area contributed by atoms with E-state index in [1.54, 1.807) is 18.2 Å². The smallest absolute Gasteiger partial charge is 0.340 e. The van der Waals surface area contributed by atoms with Gasteiger partial charge in [-0.15, -0.1) is 0 Å². The van der Waals surface area contributed by atoms with E-state index in [1.165, 1.54) is 0 Å². The number of benzene rings is 1. The molecule has 1 aromatic heterocycles. The summed E-state index contributed by atoms with van der Waals surface area (Å²) in [5.74, 6) is -0.814. The molecule has 1 heterocycles. The van der Waals surface area contributed by atoms with Gasteiger partial charge in [0.2, 0.25) is 0 Å². The van der Waals surface area contributed by atoms with Crippen molar-refractivity contribution >= 4 is 34.6 Å². The molecule has 2 aromatic rings. The maximum absolute atomic E-state index is 12.2. The second kappa shape index (κ2) is 6.19. The van der Waals surface area contributed by atoms with Crippen LogP contribution in [0.5, 0.6) is 0 Å². The van der Waals surface area contributed by atoms with Gasteiger partial charge in [-0.25, -0.2) is 9.59 Å².